The molecule has 4 heteroatoms. The molecule has 1 atom stereocenters. The van der Waals surface area contributed by atoms with E-state index in [0.29, 0.717) is 15.6 Å². The van der Waals surface area contributed by atoms with Gasteiger partial charge in [0.05, 0.1) is 0 Å². The van der Waals surface area contributed by atoms with Crippen molar-refractivity contribution in [3.63, 3.8) is 0 Å². The molecule has 0 aromatic heterocycles. The first-order chi connectivity index (χ1) is 8.97. The number of rotatable bonds is 3. The molecule has 0 nitrogen and oxygen atoms in total. The average molecular weight is 362 g/mol. The van der Waals surface area contributed by atoms with E-state index in [1.54, 1.807) is 13.0 Å². The molecule has 0 fully saturated rings. The van der Waals surface area contributed by atoms with E-state index in [1.165, 1.54) is 6.07 Å². The Balaban J connectivity index is 2.25. The van der Waals surface area contributed by atoms with Crippen molar-refractivity contribution in [1.29, 1.82) is 0 Å². The minimum atomic E-state index is -0.281. The number of alkyl halides is 1. The monoisotopic (exact) mass is 360 g/mol. The second-order valence-corrected chi connectivity index (χ2v) is 6.37. The Kier molecular flexibility index (Phi) is 4.88. The molecule has 2 rings (SSSR count). The molecule has 1 unspecified atom stereocenters. The van der Waals surface area contributed by atoms with Crippen LogP contribution in [0.1, 0.15) is 21.5 Å². The molecular formula is C15H12BrCl2F. The van der Waals surface area contributed by atoms with Gasteiger partial charge in [-0.25, -0.2) is 4.39 Å². The van der Waals surface area contributed by atoms with E-state index in [-0.39, 0.29) is 10.6 Å². The molecule has 0 amide bonds. The van der Waals surface area contributed by atoms with E-state index in [1.807, 2.05) is 24.3 Å². The van der Waals surface area contributed by atoms with Crippen molar-refractivity contribution in [2.75, 3.05) is 0 Å². The highest BCUT2D eigenvalue weighted by atomic mass is 79.9. The lowest BCUT2D eigenvalue weighted by atomic mass is 10.0. The van der Waals surface area contributed by atoms with Crippen molar-refractivity contribution in [1.82, 2.24) is 0 Å². The van der Waals surface area contributed by atoms with Gasteiger partial charge in [0.2, 0.25) is 0 Å². The zero-order valence-corrected chi connectivity index (χ0v) is 13.4. The van der Waals surface area contributed by atoms with Crippen LogP contribution in [0.3, 0.4) is 0 Å². The summed E-state index contributed by atoms with van der Waals surface area (Å²) < 4.78 is 13.4. The molecule has 0 spiro atoms. The number of benzene rings is 2. The summed E-state index contributed by atoms with van der Waals surface area (Å²) in [6.45, 7) is 1.73. The van der Waals surface area contributed by atoms with Crippen LogP contribution in [-0.4, -0.2) is 0 Å². The van der Waals surface area contributed by atoms with Gasteiger partial charge >= 0.3 is 0 Å². The van der Waals surface area contributed by atoms with Gasteiger partial charge in [-0.05, 0) is 48.2 Å². The van der Waals surface area contributed by atoms with E-state index in [2.05, 4.69) is 15.9 Å². The number of aryl methyl sites for hydroxylation is 1. The third-order valence-corrected chi connectivity index (χ3v) is 4.30. The Morgan fingerprint density at radius 2 is 1.95 bits per heavy atom. The maximum atomic E-state index is 13.4. The molecule has 2 aromatic rings. The topological polar surface area (TPSA) is 0 Å². The van der Waals surface area contributed by atoms with Crippen LogP contribution >= 0.6 is 39.1 Å². The molecule has 0 bridgehead atoms. The largest absolute Gasteiger partial charge is 0.207 e. The maximum absolute atomic E-state index is 13.4. The molecule has 0 aliphatic heterocycles. The highest BCUT2D eigenvalue weighted by Crippen LogP contribution is 2.34. The van der Waals surface area contributed by atoms with Crippen molar-refractivity contribution in [3.8, 4) is 0 Å². The van der Waals surface area contributed by atoms with Crippen molar-refractivity contribution in [2.45, 2.75) is 18.2 Å². The normalized spacial score (nSPS) is 12.5. The van der Waals surface area contributed by atoms with E-state index in [0.717, 1.165) is 17.5 Å². The van der Waals surface area contributed by atoms with Gasteiger partial charge in [-0.15, -0.1) is 0 Å². The summed E-state index contributed by atoms with van der Waals surface area (Å²) in [6, 6.07) is 10.8. The lowest BCUT2D eigenvalue weighted by molar-refractivity contribution is 0.617. The summed E-state index contributed by atoms with van der Waals surface area (Å²) in [6.07, 6.45) is 0.741. The first kappa shape index (κ1) is 14.8. The van der Waals surface area contributed by atoms with Crippen molar-refractivity contribution in [3.05, 3.63) is 69.0 Å². The Morgan fingerprint density at radius 1 is 1.21 bits per heavy atom. The minimum Gasteiger partial charge on any atom is -0.207 e. The lowest BCUT2D eigenvalue weighted by Crippen LogP contribution is -1.98. The van der Waals surface area contributed by atoms with Crippen LogP contribution in [0.25, 0.3) is 0 Å². The molecule has 0 heterocycles. The molecule has 0 radical (unpaired) electrons. The second kappa shape index (κ2) is 6.25. The fourth-order valence-corrected chi connectivity index (χ4v) is 3.28. The summed E-state index contributed by atoms with van der Waals surface area (Å²) in [5, 5.41) is 1.14. The van der Waals surface area contributed by atoms with Crippen LogP contribution in [0.5, 0.6) is 0 Å². The molecule has 0 N–H and O–H groups in total. The molecule has 0 aliphatic rings. The Bertz CT molecular complexity index is 599. The smallest absolute Gasteiger partial charge is 0.127 e. The quantitative estimate of drug-likeness (QED) is 0.577. The predicted octanol–water partition coefficient (Wildman–Crippen LogP) is 6.12. The molecule has 19 heavy (non-hydrogen) atoms. The fraction of sp³-hybridized carbons (Fsp3) is 0.200. The molecule has 0 saturated heterocycles. The van der Waals surface area contributed by atoms with Gasteiger partial charge in [0.1, 0.15) is 5.82 Å². The first-order valence-electron chi connectivity index (χ1n) is 5.81. The van der Waals surface area contributed by atoms with E-state index in [9.17, 15) is 4.39 Å². The molecule has 0 aliphatic carbocycles. The summed E-state index contributed by atoms with van der Waals surface area (Å²) in [7, 11) is 0. The van der Waals surface area contributed by atoms with E-state index in [4.69, 9.17) is 23.2 Å². The summed E-state index contributed by atoms with van der Waals surface area (Å²) in [5.41, 5.74) is 2.59. The minimum absolute atomic E-state index is 0.0257. The van der Waals surface area contributed by atoms with Crippen molar-refractivity contribution in [2.24, 2.45) is 0 Å². The van der Waals surface area contributed by atoms with E-state index >= 15 is 0 Å². The molecular weight excluding hydrogens is 350 g/mol. The SMILES string of the molecule is Cc1cc(C(Br)Cc2cccc(Cl)c2)c(Cl)cc1F. The van der Waals surface area contributed by atoms with Crippen LogP contribution < -0.4 is 0 Å². The van der Waals surface area contributed by atoms with Crippen molar-refractivity contribution < 1.29 is 4.39 Å². The first-order valence-corrected chi connectivity index (χ1v) is 7.48. The van der Waals surface area contributed by atoms with Gasteiger partial charge in [-0.1, -0.05) is 57.3 Å². The van der Waals surface area contributed by atoms with E-state index < -0.39 is 0 Å². The van der Waals surface area contributed by atoms with Crippen LogP contribution in [0.4, 0.5) is 4.39 Å². The molecule has 2 aromatic carbocycles. The van der Waals surface area contributed by atoms with Crippen molar-refractivity contribution >= 4 is 39.1 Å². The van der Waals surface area contributed by atoms with Gasteiger partial charge in [-0.2, -0.15) is 0 Å². The van der Waals surface area contributed by atoms with Crippen LogP contribution in [0.2, 0.25) is 10.0 Å². The third kappa shape index (κ3) is 3.71. The highest BCUT2D eigenvalue weighted by molar-refractivity contribution is 9.09. The van der Waals surface area contributed by atoms with Crippen LogP contribution in [0.15, 0.2) is 36.4 Å². The van der Waals surface area contributed by atoms with Gasteiger partial charge in [-0.3, -0.25) is 0 Å². The standard InChI is InChI=1S/C15H12BrCl2F/c1-9-5-12(14(18)8-15(9)19)13(16)7-10-3-2-4-11(17)6-10/h2-6,8,13H,7H2,1H3. The van der Waals surface area contributed by atoms with Crippen LogP contribution in [0, 0.1) is 12.7 Å². The summed E-state index contributed by atoms with van der Waals surface area (Å²) >= 11 is 15.7. The highest BCUT2D eigenvalue weighted by Gasteiger charge is 2.14. The van der Waals surface area contributed by atoms with Gasteiger partial charge in [0.25, 0.3) is 0 Å². The van der Waals surface area contributed by atoms with Gasteiger partial charge in [0, 0.05) is 14.9 Å². The Morgan fingerprint density at radius 3 is 2.63 bits per heavy atom. The molecule has 100 valence electrons. The van der Waals surface area contributed by atoms with Crippen LogP contribution in [-0.2, 0) is 6.42 Å². The van der Waals surface area contributed by atoms with Gasteiger partial charge < -0.3 is 0 Å². The second-order valence-electron chi connectivity index (χ2n) is 4.42. The summed E-state index contributed by atoms with van der Waals surface area (Å²) in [4.78, 5) is 0.0257. The summed E-state index contributed by atoms with van der Waals surface area (Å²) in [5.74, 6) is -0.281. The fourth-order valence-electron chi connectivity index (χ4n) is 1.90. The number of hydrogen-bond acceptors (Lipinski definition) is 0. The maximum Gasteiger partial charge on any atom is 0.127 e. The Hall–Kier alpha value is -0.570. The molecule has 0 saturated carbocycles. The number of halogens is 4. The Labute approximate surface area is 130 Å². The number of hydrogen-bond donors (Lipinski definition) is 0. The lowest BCUT2D eigenvalue weighted by Gasteiger charge is -2.14. The average Bonchev–Trinajstić information content (AvgIpc) is 2.33. The van der Waals surface area contributed by atoms with Gasteiger partial charge in [0.15, 0.2) is 0 Å². The third-order valence-electron chi connectivity index (χ3n) is 2.92. The zero-order chi connectivity index (χ0) is 14.0. The zero-order valence-electron chi connectivity index (χ0n) is 10.3. The predicted molar refractivity (Wildman–Crippen MR) is 83.0 cm³/mol.